The number of methoxy groups -OCH3 is 1. The van der Waals surface area contributed by atoms with Crippen LogP contribution in [0.1, 0.15) is 26.7 Å². The molecule has 0 unspecified atom stereocenters. The maximum Gasteiger partial charge on any atom is 0.0462 e. The van der Waals surface area contributed by atoms with Crippen LogP contribution in [0.2, 0.25) is 0 Å². The van der Waals surface area contributed by atoms with Gasteiger partial charge in [0.2, 0.25) is 0 Å². The normalized spacial score (nSPS) is 12.0. The molecule has 0 radical (unpaired) electrons. The Hall–Kier alpha value is 0.230. The van der Waals surface area contributed by atoms with E-state index >= 15 is 0 Å². The molecule has 3 nitrogen and oxygen atoms in total. The Balaban J connectivity index is 3.38. The van der Waals surface area contributed by atoms with Crippen molar-refractivity contribution in [3.8, 4) is 0 Å². The van der Waals surface area contributed by atoms with E-state index in [9.17, 15) is 0 Å². The number of rotatable bonds is 6. The summed E-state index contributed by atoms with van der Waals surface area (Å²) < 4.78 is 8.07. The van der Waals surface area contributed by atoms with Crippen LogP contribution in [-0.2, 0) is 4.74 Å². The van der Waals surface area contributed by atoms with E-state index in [1.54, 1.807) is 7.11 Å². The highest BCUT2D eigenvalue weighted by Crippen LogP contribution is 2.12. The molecule has 0 heterocycles. The molecule has 0 atom stereocenters. The highest BCUT2D eigenvalue weighted by molar-refractivity contribution is 7.95. The zero-order valence-corrected chi connectivity index (χ0v) is 8.33. The molecule has 0 aliphatic rings. The molecule has 0 saturated carbocycles. The van der Waals surface area contributed by atoms with Crippen LogP contribution in [0.3, 0.4) is 0 Å². The van der Waals surface area contributed by atoms with Gasteiger partial charge in [-0.2, -0.15) is 0 Å². The van der Waals surface area contributed by atoms with E-state index in [1.165, 1.54) is 12.1 Å². The predicted octanol–water partition coefficient (Wildman–Crippen LogP) is 1.30. The molecule has 0 aliphatic carbocycles. The fraction of sp³-hybridized carbons (Fsp3) is 1.00. The average molecular weight is 178 g/mol. The van der Waals surface area contributed by atoms with Crippen molar-refractivity contribution < 1.29 is 4.74 Å². The SMILES string of the molecule is COCCCC(C)(C)NSN. The van der Waals surface area contributed by atoms with E-state index in [0.29, 0.717) is 0 Å². The van der Waals surface area contributed by atoms with Gasteiger partial charge in [0.1, 0.15) is 0 Å². The number of nitrogens with two attached hydrogens (primary N) is 1. The molecule has 11 heavy (non-hydrogen) atoms. The van der Waals surface area contributed by atoms with Crippen molar-refractivity contribution in [1.82, 2.24) is 4.72 Å². The minimum absolute atomic E-state index is 0.109. The summed E-state index contributed by atoms with van der Waals surface area (Å²) in [4.78, 5) is 0. The molecule has 0 bridgehead atoms. The smallest absolute Gasteiger partial charge is 0.0462 e. The Labute approximate surface area is 73.3 Å². The van der Waals surface area contributed by atoms with Crippen LogP contribution in [0, 0.1) is 0 Å². The molecular formula is C7H18N2OS. The molecule has 0 fully saturated rings. The molecule has 68 valence electrons. The topological polar surface area (TPSA) is 47.3 Å². The average Bonchev–Trinajstić information content (AvgIpc) is 1.87. The lowest BCUT2D eigenvalue weighted by atomic mass is 10.0. The van der Waals surface area contributed by atoms with E-state index < -0.39 is 0 Å². The van der Waals surface area contributed by atoms with Gasteiger partial charge in [0, 0.05) is 31.4 Å². The van der Waals surface area contributed by atoms with Crippen LogP contribution in [0.25, 0.3) is 0 Å². The molecular weight excluding hydrogens is 160 g/mol. The van der Waals surface area contributed by atoms with Gasteiger partial charge in [-0.1, -0.05) is 0 Å². The maximum absolute atomic E-state index is 5.29. The second kappa shape index (κ2) is 5.83. The standard InChI is InChI=1S/C7H18N2OS/c1-7(2,9-11-8)5-4-6-10-3/h9H,4-6,8H2,1-3H3. The third-order valence-electron chi connectivity index (χ3n) is 1.49. The zero-order valence-electron chi connectivity index (χ0n) is 7.52. The lowest BCUT2D eigenvalue weighted by Gasteiger charge is -2.23. The largest absolute Gasteiger partial charge is 0.385 e. The Bertz CT molecular complexity index is 98.4. The van der Waals surface area contributed by atoms with E-state index in [1.807, 2.05) is 0 Å². The number of hydrogen-bond donors (Lipinski definition) is 2. The van der Waals surface area contributed by atoms with E-state index in [4.69, 9.17) is 9.88 Å². The fourth-order valence-electron chi connectivity index (χ4n) is 0.869. The van der Waals surface area contributed by atoms with Gasteiger partial charge in [0.15, 0.2) is 0 Å². The van der Waals surface area contributed by atoms with Gasteiger partial charge < -0.3 is 4.74 Å². The fourth-order valence-corrected chi connectivity index (χ4v) is 1.29. The lowest BCUT2D eigenvalue weighted by molar-refractivity contribution is 0.185. The first kappa shape index (κ1) is 11.2. The highest BCUT2D eigenvalue weighted by atomic mass is 32.2. The molecule has 0 aliphatic heterocycles. The second-order valence-corrected chi connectivity index (χ2v) is 3.64. The van der Waals surface area contributed by atoms with Crippen LogP contribution in [-0.4, -0.2) is 19.3 Å². The summed E-state index contributed by atoms with van der Waals surface area (Å²) in [6.45, 7) is 5.07. The minimum atomic E-state index is 0.109. The summed E-state index contributed by atoms with van der Waals surface area (Å²) in [6, 6.07) is 0. The Morgan fingerprint density at radius 3 is 2.64 bits per heavy atom. The molecule has 0 saturated heterocycles. The van der Waals surface area contributed by atoms with Gasteiger partial charge >= 0.3 is 0 Å². The zero-order chi connectivity index (χ0) is 8.74. The minimum Gasteiger partial charge on any atom is -0.385 e. The Kier molecular flexibility index (Phi) is 5.95. The summed E-state index contributed by atoms with van der Waals surface area (Å²) in [5, 5.41) is 5.29. The summed E-state index contributed by atoms with van der Waals surface area (Å²) in [5.41, 5.74) is 0.109. The van der Waals surface area contributed by atoms with Crippen molar-refractivity contribution in [1.29, 1.82) is 0 Å². The quantitative estimate of drug-likeness (QED) is 0.475. The molecule has 0 rings (SSSR count). The first-order chi connectivity index (χ1) is 5.12. The molecule has 0 aromatic rings. The molecule has 3 N–H and O–H groups in total. The molecule has 0 aromatic carbocycles. The molecule has 0 spiro atoms. The van der Waals surface area contributed by atoms with Crippen LogP contribution in [0.15, 0.2) is 0 Å². The van der Waals surface area contributed by atoms with Gasteiger partial charge in [-0.25, -0.2) is 4.72 Å². The second-order valence-electron chi connectivity index (χ2n) is 3.20. The van der Waals surface area contributed by atoms with E-state index in [0.717, 1.165) is 19.4 Å². The lowest BCUT2D eigenvalue weighted by Crippen LogP contribution is -2.35. The molecule has 4 heteroatoms. The first-order valence-electron chi connectivity index (χ1n) is 3.74. The van der Waals surface area contributed by atoms with Crippen LogP contribution < -0.4 is 9.86 Å². The van der Waals surface area contributed by atoms with Gasteiger partial charge in [-0.05, 0) is 26.7 Å². The van der Waals surface area contributed by atoms with E-state index in [2.05, 4.69) is 18.6 Å². The van der Waals surface area contributed by atoms with Crippen LogP contribution >= 0.6 is 12.1 Å². The summed E-state index contributed by atoms with van der Waals surface area (Å²) in [5.74, 6) is 0. The highest BCUT2D eigenvalue weighted by Gasteiger charge is 2.15. The van der Waals surface area contributed by atoms with E-state index in [-0.39, 0.29) is 5.54 Å². The number of ether oxygens (including phenoxy) is 1. The number of nitrogens with one attached hydrogen (secondary N) is 1. The first-order valence-corrected chi connectivity index (χ1v) is 4.62. The third-order valence-corrected chi connectivity index (χ3v) is 2.16. The predicted molar refractivity (Wildman–Crippen MR) is 50.1 cm³/mol. The van der Waals surface area contributed by atoms with Crippen LogP contribution in [0.5, 0.6) is 0 Å². The third kappa shape index (κ3) is 6.62. The van der Waals surface area contributed by atoms with Crippen molar-refractivity contribution in [2.24, 2.45) is 5.14 Å². The number of hydrogen-bond acceptors (Lipinski definition) is 4. The van der Waals surface area contributed by atoms with Crippen molar-refractivity contribution >= 4 is 12.1 Å². The summed E-state index contributed by atoms with van der Waals surface area (Å²) >= 11 is 1.18. The summed E-state index contributed by atoms with van der Waals surface area (Å²) in [7, 11) is 1.72. The maximum atomic E-state index is 5.29. The molecule has 0 aromatic heterocycles. The van der Waals surface area contributed by atoms with Gasteiger partial charge in [-0.15, -0.1) is 0 Å². The van der Waals surface area contributed by atoms with Gasteiger partial charge in [-0.3, -0.25) is 5.14 Å². The Morgan fingerprint density at radius 2 is 2.18 bits per heavy atom. The summed E-state index contributed by atoms with van der Waals surface area (Å²) in [6.07, 6.45) is 2.14. The van der Waals surface area contributed by atoms with Crippen molar-refractivity contribution in [2.75, 3.05) is 13.7 Å². The molecule has 0 amide bonds. The van der Waals surface area contributed by atoms with Crippen molar-refractivity contribution in [2.45, 2.75) is 32.2 Å². The Morgan fingerprint density at radius 1 is 1.55 bits per heavy atom. The van der Waals surface area contributed by atoms with Gasteiger partial charge in [0.25, 0.3) is 0 Å². The monoisotopic (exact) mass is 178 g/mol. The van der Waals surface area contributed by atoms with Crippen LogP contribution in [0.4, 0.5) is 0 Å². The van der Waals surface area contributed by atoms with Gasteiger partial charge in [0.05, 0.1) is 0 Å². The van der Waals surface area contributed by atoms with Crippen molar-refractivity contribution in [3.63, 3.8) is 0 Å². The van der Waals surface area contributed by atoms with Crippen molar-refractivity contribution in [3.05, 3.63) is 0 Å².